The Kier molecular flexibility index (Phi) is 3.82. The van der Waals surface area contributed by atoms with Gasteiger partial charge in [-0.2, -0.15) is 0 Å². The summed E-state index contributed by atoms with van der Waals surface area (Å²) in [5.41, 5.74) is 0. The van der Waals surface area contributed by atoms with Gasteiger partial charge < -0.3 is 14.7 Å². The van der Waals surface area contributed by atoms with Gasteiger partial charge in [0, 0.05) is 19.7 Å². The van der Waals surface area contributed by atoms with E-state index in [1.54, 1.807) is 4.90 Å². The van der Waals surface area contributed by atoms with Crippen molar-refractivity contribution in [2.75, 3.05) is 19.7 Å². The molecule has 4 nitrogen and oxygen atoms in total. The maximum atomic E-state index is 12.1. The number of likely N-dealkylation sites (tertiary alicyclic amines) is 1. The second-order valence-electron chi connectivity index (χ2n) is 4.97. The Hall–Kier alpha value is -0.610. The van der Waals surface area contributed by atoms with Crippen molar-refractivity contribution in [3.8, 4) is 0 Å². The number of hydrogen-bond acceptors (Lipinski definition) is 3. The summed E-state index contributed by atoms with van der Waals surface area (Å²) in [7, 11) is 0. The van der Waals surface area contributed by atoms with Crippen molar-refractivity contribution in [3.05, 3.63) is 0 Å². The molecule has 16 heavy (non-hydrogen) atoms. The zero-order valence-corrected chi connectivity index (χ0v) is 9.89. The number of carbonyl (C=O) groups is 1. The van der Waals surface area contributed by atoms with Gasteiger partial charge in [0.2, 0.25) is 0 Å². The van der Waals surface area contributed by atoms with Crippen LogP contribution in [0, 0.1) is 5.92 Å². The highest BCUT2D eigenvalue weighted by Crippen LogP contribution is 2.21. The van der Waals surface area contributed by atoms with E-state index in [0.717, 1.165) is 32.2 Å². The van der Waals surface area contributed by atoms with Gasteiger partial charge in [-0.25, -0.2) is 0 Å². The topological polar surface area (TPSA) is 49.8 Å². The number of piperidine rings is 1. The van der Waals surface area contributed by atoms with Gasteiger partial charge in [-0.15, -0.1) is 0 Å². The first-order chi connectivity index (χ1) is 7.68. The Morgan fingerprint density at radius 3 is 2.81 bits per heavy atom. The zero-order valence-electron chi connectivity index (χ0n) is 9.89. The van der Waals surface area contributed by atoms with Crippen LogP contribution in [0.1, 0.15) is 32.6 Å². The Labute approximate surface area is 96.6 Å². The molecule has 2 heterocycles. The summed E-state index contributed by atoms with van der Waals surface area (Å²) >= 11 is 0. The summed E-state index contributed by atoms with van der Waals surface area (Å²) in [6.45, 7) is 3.96. The second kappa shape index (κ2) is 5.15. The lowest BCUT2D eigenvalue weighted by atomic mass is 9.95. The first kappa shape index (κ1) is 11.9. The maximum absolute atomic E-state index is 12.1. The standard InChI is InChI=1S/C12H21NO3/c1-9-5-6-13(8-10(9)14)12(15)11-4-2-3-7-16-11/h9-11,14H,2-8H2,1H3. The van der Waals surface area contributed by atoms with E-state index in [1.807, 2.05) is 6.92 Å². The van der Waals surface area contributed by atoms with E-state index >= 15 is 0 Å². The fourth-order valence-corrected chi connectivity index (χ4v) is 2.39. The van der Waals surface area contributed by atoms with E-state index in [9.17, 15) is 9.90 Å². The fraction of sp³-hybridized carbons (Fsp3) is 0.917. The molecule has 2 rings (SSSR count). The SMILES string of the molecule is CC1CCN(C(=O)C2CCCCO2)CC1O. The lowest BCUT2D eigenvalue weighted by Crippen LogP contribution is -2.50. The number of nitrogens with zero attached hydrogens (tertiary/aromatic N) is 1. The Balaban J connectivity index is 1.89. The summed E-state index contributed by atoms with van der Waals surface area (Å²) in [6.07, 6.45) is 3.23. The number of rotatable bonds is 1. The molecule has 2 fully saturated rings. The van der Waals surface area contributed by atoms with Crippen molar-refractivity contribution in [2.24, 2.45) is 5.92 Å². The largest absolute Gasteiger partial charge is 0.391 e. The Morgan fingerprint density at radius 1 is 1.38 bits per heavy atom. The lowest BCUT2D eigenvalue weighted by Gasteiger charge is -2.36. The zero-order chi connectivity index (χ0) is 11.5. The van der Waals surface area contributed by atoms with Gasteiger partial charge >= 0.3 is 0 Å². The molecule has 0 saturated carbocycles. The molecule has 1 N–H and O–H groups in total. The van der Waals surface area contributed by atoms with Gasteiger partial charge in [0.25, 0.3) is 5.91 Å². The molecule has 0 radical (unpaired) electrons. The highest BCUT2D eigenvalue weighted by molar-refractivity contribution is 5.81. The van der Waals surface area contributed by atoms with E-state index in [4.69, 9.17) is 4.74 Å². The van der Waals surface area contributed by atoms with Crippen LogP contribution in [0.4, 0.5) is 0 Å². The third-order valence-electron chi connectivity index (χ3n) is 3.69. The molecular weight excluding hydrogens is 206 g/mol. The molecule has 3 atom stereocenters. The number of ether oxygens (including phenoxy) is 1. The van der Waals surface area contributed by atoms with E-state index in [2.05, 4.69) is 0 Å². The highest BCUT2D eigenvalue weighted by Gasteiger charge is 2.32. The minimum atomic E-state index is -0.374. The minimum Gasteiger partial charge on any atom is -0.391 e. The molecule has 4 heteroatoms. The molecule has 0 spiro atoms. The smallest absolute Gasteiger partial charge is 0.251 e. The molecule has 92 valence electrons. The fourth-order valence-electron chi connectivity index (χ4n) is 2.39. The molecule has 2 saturated heterocycles. The predicted octanol–water partition coefficient (Wildman–Crippen LogP) is 0.785. The first-order valence-corrected chi connectivity index (χ1v) is 6.27. The van der Waals surface area contributed by atoms with Crippen molar-refractivity contribution in [3.63, 3.8) is 0 Å². The third kappa shape index (κ3) is 2.55. The van der Waals surface area contributed by atoms with Crippen LogP contribution < -0.4 is 0 Å². The third-order valence-corrected chi connectivity index (χ3v) is 3.69. The average Bonchev–Trinajstić information content (AvgIpc) is 2.33. The van der Waals surface area contributed by atoms with Gasteiger partial charge in [-0.05, 0) is 31.6 Å². The van der Waals surface area contributed by atoms with Crippen LogP contribution in [-0.4, -0.2) is 47.8 Å². The van der Waals surface area contributed by atoms with Crippen molar-refractivity contribution in [2.45, 2.75) is 44.8 Å². The molecule has 0 aromatic rings. The molecule has 0 bridgehead atoms. The first-order valence-electron chi connectivity index (χ1n) is 6.27. The molecule has 0 aromatic heterocycles. The number of aliphatic hydroxyl groups excluding tert-OH is 1. The number of amides is 1. The summed E-state index contributed by atoms with van der Waals surface area (Å²) in [5.74, 6) is 0.377. The van der Waals surface area contributed by atoms with Crippen LogP contribution in [0.25, 0.3) is 0 Å². The molecule has 2 aliphatic rings. The van der Waals surface area contributed by atoms with Crippen LogP contribution in [-0.2, 0) is 9.53 Å². The molecule has 1 amide bonds. The van der Waals surface area contributed by atoms with Crippen LogP contribution in [0.15, 0.2) is 0 Å². The van der Waals surface area contributed by atoms with E-state index < -0.39 is 0 Å². The number of aliphatic hydroxyl groups is 1. The minimum absolute atomic E-state index is 0.0747. The van der Waals surface area contributed by atoms with Gasteiger partial charge in [0.05, 0.1) is 6.10 Å². The normalized spacial score (nSPS) is 36.1. The number of carbonyl (C=O) groups excluding carboxylic acids is 1. The van der Waals surface area contributed by atoms with Crippen LogP contribution in [0.2, 0.25) is 0 Å². The predicted molar refractivity (Wildman–Crippen MR) is 60.0 cm³/mol. The van der Waals surface area contributed by atoms with Gasteiger partial charge in [-0.3, -0.25) is 4.79 Å². The van der Waals surface area contributed by atoms with E-state index in [-0.39, 0.29) is 18.1 Å². The molecule has 0 aliphatic carbocycles. The molecular formula is C12H21NO3. The van der Waals surface area contributed by atoms with Gasteiger partial charge in [-0.1, -0.05) is 6.92 Å². The van der Waals surface area contributed by atoms with Crippen LogP contribution in [0.5, 0.6) is 0 Å². The van der Waals surface area contributed by atoms with E-state index in [1.165, 1.54) is 0 Å². The van der Waals surface area contributed by atoms with Crippen molar-refractivity contribution in [1.82, 2.24) is 4.90 Å². The lowest BCUT2D eigenvalue weighted by molar-refractivity contribution is -0.150. The monoisotopic (exact) mass is 227 g/mol. The van der Waals surface area contributed by atoms with E-state index in [0.29, 0.717) is 19.1 Å². The molecule has 2 aliphatic heterocycles. The molecule has 3 unspecified atom stereocenters. The summed E-state index contributed by atoms with van der Waals surface area (Å²) in [5, 5.41) is 9.76. The maximum Gasteiger partial charge on any atom is 0.251 e. The Morgan fingerprint density at radius 2 is 2.19 bits per heavy atom. The summed E-state index contributed by atoms with van der Waals surface area (Å²) in [6, 6.07) is 0. The number of β-amino-alcohol motifs (C(OH)–C–C–N with tert-alkyl or cyclic N) is 1. The van der Waals surface area contributed by atoms with Crippen molar-refractivity contribution < 1.29 is 14.6 Å². The summed E-state index contributed by atoms with van der Waals surface area (Å²) in [4.78, 5) is 13.9. The summed E-state index contributed by atoms with van der Waals surface area (Å²) < 4.78 is 5.48. The van der Waals surface area contributed by atoms with Gasteiger partial charge in [0.15, 0.2) is 0 Å². The number of hydrogen-bond donors (Lipinski definition) is 1. The highest BCUT2D eigenvalue weighted by atomic mass is 16.5. The Bertz CT molecular complexity index is 251. The van der Waals surface area contributed by atoms with Crippen LogP contribution in [0.3, 0.4) is 0 Å². The quantitative estimate of drug-likeness (QED) is 0.720. The molecule has 0 aromatic carbocycles. The second-order valence-corrected chi connectivity index (χ2v) is 4.97. The van der Waals surface area contributed by atoms with Crippen molar-refractivity contribution in [1.29, 1.82) is 0 Å². The average molecular weight is 227 g/mol. The van der Waals surface area contributed by atoms with Gasteiger partial charge in [0.1, 0.15) is 6.10 Å². The van der Waals surface area contributed by atoms with Crippen LogP contribution >= 0.6 is 0 Å². The van der Waals surface area contributed by atoms with Crippen molar-refractivity contribution >= 4 is 5.91 Å².